The van der Waals surface area contributed by atoms with Gasteiger partial charge in [0.15, 0.2) is 0 Å². The van der Waals surface area contributed by atoms with Crippen molar-refractivity contribution in [1.82, 2.24) is 10.2 Å². The molecule has 1 aromatic heterocycles. The van der Waals surface area contributed by atoms with Gasteiger partial charge in [-0.05, 0) is 43.6 Å². The van der Waals surface area contributed by atoms with E-state index in [1.807, 2.05) is 13.0 Å². The van der Waals surface area contributed by atoms with Crippen molar-refractivity contribution in [3.05, 3.63) is 33.0 Å². The number of nitrogens with one attached hydrogen (secondary N) is 1. The maximum absolute atomic E-state index is 13.1. The molecule has 2 fully saturated rings. The van der Waals surface area contributed by atoms with Crippen molar-refractivity contribution in [2.75, 3.05) is 13.1 Å². The number of rotatable bonds is 4. The zero-order valence-corrected chi connectivity index (χ0v) is 16.7. The fourth-order valence-corrected chi connectivity index (χ4v) is 6.25. The van der Waals surface area contributed by atoms with Gasteiger partial charge >= 0.3 is 0 Å². The second-order valence-corrected chi connectivity index (χ2v) is 8.76. The van der Waals surface area contributed by atoms with E-state index in [-0.39, 0.29) is 29.2 Å². The summed E-state index contributed by atoms with van der Waals surface area (Å²) in [7, 11) is 0. The van der Waals surface area contributed by atoms with Crippen molar-refractivity contribution in [2.24, 2.45) is 5.92 Å². The van der Waals surface area contributed by atoms with E-state index < -0.39 is 5.91 Å². The van der Waals surface area contributed by atoms with Crippen molar-refractivity contribution in [1.29, 1.82) is 5.26 Å². The highest BCUT2D eigenvalue weighted by atomic mass is 32.2. The van der Waals surface area contributed by atoms with E-state index in [2.05, 4.69) is 28.8 Å². The number of hydrogen-bond donors (Lipinski definition) is 1. The van der Waals surface area contributed by atoms with E-state index in [1.165, 1.54) is 16.6 Å². The first kappa shape index (κ1) is 19.5. The fourth-order valence-electron chi connectivity index (χ4n) is 3.74. The van der Waals surface area contributed by atoms with Gasteiger partial charge in [0, 0.05) is 16.7 Å². The minimum Gasteiger partial charge on any atom is -0.340 e. The molecule has 0 bridgehead atoms. The number of amides is 2. The van der Waals surface area contributed by atoms with Gasteiger partial charge in [-0.1, -0.05) is 12.0 Å². The van der Waals surface area contributed by atoms with Crippen LogP contribution in [0.1, 0.15) is 37.0 Å². The lowest BCUT2D eigenvalue weighted by molar-refractivity contribution is -0.134. The van der Waals surface area contributed by atoms with Gasteiger partial charge in [-0.15, -0.1) is 29.5 Å². The topological polar surface area (TPSA) is 73.2 Å². The molecule has 1 aromatic rings. The zero-order chi connectivity index (χ0) is 19.4. The van der Waals surface area contributed by atoms with Crippen molar-refractivity contribution >= 4 is 34.9 Å². The molecule has 2 heterocycles. The second-order valence-electron chi connectivity index (χ2n) is 6.55. The Bertz CT molecular complexity index is 832. The quantitative estimate of drug-likeness (QED) is 0.480. The first-order chi connectivity index (χ1) is 13.1. The van der Waals surface area contributed by atoms with Gasteiger partial charge in [0.1, 0.15) is 16.7 Å². The molecule has 3 atom stereocenters. The van der Waals surface area contributed by atoms with Gasteiger partial charge in [-0.25, -0.2) is 0 Å². The number of thioether (sulfide) groups is 1. The van der Waals surface area contributed by atoms with Crippen LogP contribution in [0.15, 0.2) is 28.1 Å². The molecule has 1 N–H and O–H groups in total. The molecule has 3 unspecified atom stereocenters. The molecule has 2 amide bonds. The molecule has 0 spiro atoms. The summed E-state index contributed by atoms with van der Waals surface area (Å²) in [5, 5.41) is 14.7. The van der Waals surface area contributed by atoms with Crippen molar-refractivity contribution in [2.45, 2.75) is 37.4 Å². The summed E-state index contributed by atoms with van der Waals surface area (Å²) < 4.78 is 0. The predicted octanol–water partition coefficient (Wildman–Crippen LogP) is 3.08. The molecule has 0 aromatic carbocycles. The first-order valence-electron chi connectivity index (χ1n) is 8.98. The second kappa shape index (κ2) is 8.65. The van der Waals surface area contributed by atoms with Gasteiger partial charge in [0.05, 0.1) is 12.5 Å². The number of carbonyl (C=O) groups is 2. The fraction of sp³-hybridized carbons (Fsp3) is 0.450. The minimum absolute atomic E-state index is 0.0258. The smallest absolute Gasteiger partial charge is 0.265 e. The maximum atomic E-state index is 13.1. The molecule has 7 heteroatoms. The van der Waals surface area contributed by atoms with Crippen LogP contribution < -0.4 is 5.32 Å². The molecule has 27 heavy (non-hydrogen) atoms. The Morgan fingerprint density at radius 2 is 2.30 bits per heavy atom. The molecule has 2 aliphatic rings. The normalized spacial score (nSPS) is 26.6. The molecular weight excluding hydrogens is 378 g/mol. The number of hydrogen-bond acceptors (Lipinski definition) is 5. The largest absolute Gasteiger partial charge is 0.340 e. The Balaban J connectivity index is 1.89. The Morgan fingerprint density at radius 1 is 1.48 bits per heavy atom. The predicted molar refractivity (Wildman–Crippen MR) is 108 cm³/mol. The average Bonchev–Trinajstić information content (AvgIpc) is 3.21. The molecule has 1 aliphatic carbocycles. The summed E-state index contributed by atoms with van der Waals surface area (Å²) >= 11 is 3.25. The highest BCUT2D eigenvalue weighted by Crippen LogP contribution is 2.49. The summed E-state index contributed by atoms with van der Waals surface area (Å²) in [6, 6.07) is 6.19. The average molecular weight is 400 g/mol. The number of fused-ring (bicyclic) bond motifs is 1. The molecule has 1 aliphatic heterocycles. The van der Waals surface area contributed by atoms with E-state index in [9.17, 15) is 14.9 Å². The van der Waals surface area contributed by atoms with Gasteiger partial charge in [-0.2, -0.15) is 5.26 Å². The van der Waals surface area contributed by atoms with Crippen LogP contribution in [0.3, 0.4) is 0 Å². The summed E-state index contributed by atoms with van der Waals surface area (Å²) in [4.78, 5) is 28.4. The minimum atomic E-state index is -0.520. The van der Waals surface area contributed by atoms with Crippen LogP contribution in [0.5, 0.6) is 0 Å². The summed E-state index contributed by atoms with van der Waals surface area (Å²) in [5.74, 6) is 2.22. The van der Waals surface area contributed by atoms with Crippen LogP contribution in [0, 0.1) is 29.6 Å². The molecule has 5 nitrogen and oxygen atoms in total. The molecule has 1 saturated heterocycles. The Labute approximate surface area is 167 Å². The van der Waals surface area contributed by atoms with Gasteiger partial charge in [-0.3, -0.25) is 9.59 Å². The van der Waals surface area contributed by atoms with Crippen molar-refractivity contribution < 1.29 is 9.59 Å². The molecule has 140 valence electrons. The molecule has 0 radical (unpaired) electrons. The Morgan fingerprint density at radius 3 is 2.93 bits per heavy atom. The molecular formula is C20H21N3O2S2. The number of nitrogens with zero attached hydrogens (tertiary/aromatic N) is 2. The lowest BCUT2D eigenvalue weighted by atomic mass is 9.80. The first-order valence-corrected chi connectivity index (χ1v) is 10.7. The monoisotopic (exact) mass is 399 g/mol. The number of terminal acetylenes is 1. The van der Waals surface area contributed by atoms with Crippen LogP contribution >= 0.6 is 23.1 Å². The third-order valence-electron chi connectivity index (χ3n) is 5.05. The van der Waals surface area contributed by atoms with Crippen LogP contribution in [-0.4, -0.2) is 35.1 Å². The lowest BCUT2D eigenvalue weighted by Gasteiger charge is -2.43. The number of carbonyl (C=O) groups excluding carboxylic acids is 2. The van der Waals surface area contributed by atoms with Crippen LogP contribution in [0.4, 0.5) is 0 Å². The summed E-state index contributed by atoms with van der Waals surface area (Å²) in [6.07, 6.45) is 7.91. The van der Waals surface area contributed by atoms with Gasteiger partial charge < -0.3 is 10.2 Å². The third kappa shape index (κ3) is 3.90. The van der Waals surface area contributed by atoms with E-state index in [4.69, 9.17) is 6.42 Å². The SMILES string of the molecule is C#CCNC(=O)/C(C#N)=C1\SC2CC(c3cccs3)CCC2C(=O)N1CC. The molecule has 1 saturated carbocycles. The van der Waals surface area contributed by atoms with Crippen molar-refractivity contribution in [3.8, 4) is 18.4 Å². The number of nitriles is 1. The van der Waals surface area contributed by atoms with Crippen LogP contribution in [-0.2, 0) is 9.59 Å². The van der Waals surface area contributed by atoms with E-state index in [0.29, 0.717) is 17.5 Å². The summed E-state index contributed by atoms with van der Waals surface area (Å²) in [6.45, 7) is 2.35. The van der Waals surface area contributed by atoms with E-state index >= 15 is 0 Å². The van der Waals surface area contributed by atoms with Crippen LogP contribution in [0.2, 0.25) is 0 Å². The summed E-state index contributed by atoms with van der Waals surface area (Å²) in [5.41, 5.74) is -0.0258. The van der Waals surface area contributed by atoms with Crippen LogP contribution in [0.25, 0.3) is 0 Å². The lowest BCUT2D eigenvalue weighted by Crippen LogP contribution is -2.47. The molecule has 3 rings (SSSR count). The maximum Gasteiger partial charge on any atom is 0.265 e. The Kier molecular flexibility index (Phi) is 6.26. The third-order valence-corrected chi connectivity index (χ3v) is 7.55. The van der Waals surface area contributed by atoms with Gasteiger partial charge in [0.25, 0.3) is 5.91 Å². The van der Waals surface area contributed by atoms with E-state index in [1.54, 1.807) is 16.2 Å². The van der Waals surface area contributed by atoms with Gasteiger partial charge in [0.2, 0.25) is 5.91 Å². The van der Waals surface area contributed by atoms with Crippen molar-refractivity contribution in [3.63, 3.8) is 0 Å². The Hall–Kier alpha value is -2.22. The van der Waals surface area contributed by atoms with E-state index in [0.717, 1.165) is 19.3 Å². The highest BCUT2D eigenvalue weighted by Gasteiger charge is 2.44. The number of thiophene rings is 1. The highest BCUT2D eigenvalue weighted by molar-refractivity contribution is 8.03. The zero-order valence-electron chi connectivity index (χ0n) is 15.1. The standard InChI is InChI=1S/C20H21N3O2S2/c1-3-9-22-18(24)15(12-21)20-23(4-2)19(25)14-8-7-13(11-17(14)27-20)16-6-5-10-26-16/h1,5-6,10,13-14,17H,4,7-9,11H2,2H3,(H,22,24)/b20-15-.